The largest absolute Gasteiger partial charge is 0.378 e. The van der Waals surface area contributed by atoms with Gasteiger partial charge in [0.1, 0.15) is 0 Å². The third-order valence-electron chi connectivity index (χ3n) is 6.41. The Morgan fingerprint density at radius 2 is 1.81 bits per heavy atom. The molecule has 3 heteroatoms. The number of likely N-dealkylation sites (tertiary alicyclic amines) is 1. The molecular weight excluding hydrogens is 260 g/mol. The van der Waals surface area contributed by atoms with Crippen LogP contribution in [0.2, 0.25) is 0 Å². The van der Waals surface area contributed by atoms with E-state index in [4.69, 9.17) is 4.74 Å². The summed E-state index contributed by atoms with van der Waals surface area (Å²) in [5.41, 5.74) is 0.482. The van der Waals surface area contributed by atoms with Gasteiger partial charge in [0.2, 0.25) is 0 Å². The van der Waals surface area contributed by atoms with Gasteiger partial charge in [0.15, 0.2) is 0 Å². The molecular formula is C18H34N2O. The monoisotopic (exact) mass is 294 g/mol. The first-order valence-corrected chi connectivity index (χ1v) is 9.38. The minimum atomic E-state index is 0.482. The van der Waals surface area contributed by atoms with Crippen molar-refractivity contribution in [2.75, 3.05) is 26.2 Å². The van der Waals surface area contributed by atoms with Crippen molar-refractivity contribution >= 4 is 0 Å². The number of rotatable bonds is 5. The molecule has 1 saturated heterocycles. The minimum Gasteiger partial charge on any atom is -0.378 e. The highest BCUT2D eigenvalue weighted by Crippen LogP contribution is 2.53. The Labute approximate surface area is 130 Å². The average Bonchev–Trinajstić information content (AvgIpc) is 2.55. The molecule has 21 heavy (non-hydrogen) atoms. The zero-order valence-corrected chi connectivity index (χ0v) is 14.1. The zero-order valence-electron chi connectivity index (χ0n) is 14.1. The maximum absolute atomic E-state index is 6.08. The van der Waals surface area contributed by atoms with E-state index in [0.29, 0.717) is 11.5 Å². The third kappa shape index (κ3) is 3.16. The highest BCUT2D eigenvalue weighted by molar-refractivity contribution is 5.09. The Bertz CT molecular complexity index is 319. The van der Waals surface area contributed by atoms with E-state index in [1.165, 1.54) is 71.0 Å². The van der Waals surface area contributed by atoms with Crippen LogP contribution in [-0.4, -0.2) is 49.3 Å². The molecule has 3 nitrogen and oxygen atoms in total. The van der Waals surface area contributed by atoms with Crippen molar-refractivity contribution in [3.8, 4) is 0 Å². The summed E-state index contributed by atoms with van der Waals surface area (Å²) < 4.78 is 6.08. The van der Waals surface area contributed by atoms with Gasteiger partial charge in [-0.2, -0.15) is 0 Å². The summed E-state index contributed by atoms with van der Waals surface area (Å²) in [4.78, 5) is 2.58. The molecule has 0 aromatic carbocycles. The van der Waals surface area contributed by atoms with Crippen molar-refractivity contribution in [3.63, 3.8) is 0 Å². The molecule has 3 aliphatic rings. The lowest BCUT2D eigenvalue weighted by atomic mass is 9.55. The van der Waals surface area contributed by atoms with Crippen LogP contribution in [0.15, 0.2) is 0 Å². The molecule has 1 N–H and O–H groups in total. The van der Waals surface area contributed by atoms with Gasteiger partial charge in [0.05, 0.1) is 6.10 Å². The number of piperidine rings is 1. The fourth-order valence-corrected chi connectivity index (χ4v) is 5.00. The van der Waals surface area contributed by atoms with Crippen molar-refractivity contribution in [1.82, 2.24) is 10.2 Å². The number of ether oxygens (including phenoxy) is 1. The first kappa shape index (κ1) is 15.8. The van der Waals surface area contributed by atoms with Gasteiger partial charge >= 0.3 is 0 Å². The van der Waals surface area contributed by atoms with Crippen LogP contribution in [0.5, 0.6) is 0 Å². The topological polar surface area (TPSA) is 24.5 Å². The molecule has 2 unspecified atom stereocenters. The van der Waals surface area contributed by atoms with Gasteiger partial charge in [0, 0.05) is 24.1 Å². The summed E-state index contributed by atoms with van der Waals surface area (Å²) in [6.07, 6.45) is 11.5. The van der Waals surface area contributed by atoms with Crippen LogP contribution in [0.4, 0.5) is 0 Å². The second-order valence-corrected chi connectivity index (χ2v) is 7.40. The Morgan fingerprint density at radius 3 is 2.43 bits per heavy atom. The lowest BCUT2D eigenvalue weighted by Crippen LogP contribution is -2.66. The highest BCUT2D eigenvalue weighted by Gasteiger charge is 2.55. The van der Waals surface area contributed by atoms with E-state index < -0.39 is 0 Å². The lowest BCUT2D eigenvalue weighted by Gasteiger charge is -2.59. The van der Waals surface area contributed by atoms with Gasteiger partial charge in [-0.05, 0) is 58.7 Å². The normalized spacial score (nSPS) is 34.0. The van der Waals surface area contributed by atoms with E-state index in [2.05, 4.69) is 24.1 Å². The van der Waals surface area contributed by atoms with E-state index in [1.807, 2.05) is 0 Å². The molecule has 0 aromatic rings. The van der Waals surface area contributed by atoms with Crippen LogP contribution in [0.25, 0.3) is 0 Å². The first-order chi connectivity index (χ1) is 10.3. The lowest BCUT2D eigenvalue weighted by molar-refractivity contribution is -0.153. The summed E-state index contributed by atoms with van der Waals surface area (Å²) in [5.74, 6) is 0. The third-order valence-corrected chi connectivity index (χ3v) is 6.41. The van der Waals surface area contributed by atoms with E-state index in [0.717, 1.165) is 18.7 Å². The smallest absolute Gasteiger partial charge is 0.0661 e. The molecule has 1 aliphatic heterocycles. The van der Waals surface area contributed by atoms with Gasteiger partial charge in [-0.1, -0.05) is 26.2 Å². The molecule has 3 fully saturated rings. The molecule has 2 saturated carbocycles. The van der Waals surface area contributed by atoms with Gasteiger partial charge in [-0.3, -0.25) is 0 Å². The Morgan fingerprint density at radius 1 is 1.10 bits per heavy atom. The Balaban J connectivity index is 1.55. The molecule has 3 rings (SSSR count). The fourth-order valence-electron chi connectivity index (χ4n) is 5.00. The van der Waals surface area contributed by atoms with Crippen LogP contribution in [0.3, 0.4) is 0 Å². The number of nitrogens with zero attached hydrogens (tertiary/aromatic N) is 1. The summed E-state index contributed by atoms with van der Waals surface area (Å²) in [7, 11) is 0. The predicted molar refractivity (Wildman–Crippen MR) is 87.6 cm³/mol. The zero-order chi connectivity index (χ0) is 14.7. The van der Waals surface area contributed by atoms with Crippen LogP contribution < -0.4 is 5.32 Å². The maximum Gasteiger partial charge on any atom is 0.0661 e. The van der Waals surface area contributed by atoms with Crippen molar-refractivity contribution in [3.05, 3.63) is 0 Å². The van der Waals surface area contributed by atoms with Gasteiger partial charge in [-0.25, -0.2) is 0 Å². The van der Waals surface area contributed by atoms with E-state index in [-0.39, 0.29) is 0 Å². The molecule has 1 spiro atoms. The average molecular weight is 294 g/mol. The number of nitrogens with one attached hydrogen (secondary N) is 1. The van der Waals surface area contributed by atoms with E-state index in [1.54, 1.807) is 0 Å². The standard InChI is InChI=1S/C18H34N2O/c1-3-20-12-8-15(9-13-20)19-16-14-17(21-4-2)18(16)10-6-5-7-11-18/h15-17,19H,3-14H2,1-2H3. The molecule has 0 amide bonds. The fraction of sp³-hybridized carbons (Fsp3) is 1.00. The van der Waals surface area contributed by atoms with Crippen LogP contribution in [-0.2, 0) is 4.74 Å². The SMILES string of the molecule is CCOC1CC(NC2CCN(CC)CC2)C12CCCCC2. The van der Waals surface area contributed by atoms with Crippen molar-refractivity contribution < 1.29 is 4.74 Å². The van der Waals surface area contributed by atoms with Gasteiger partial charge < -0.3 is 15.0 Å². The summed E-state index contributed by atoms with van der Waals surface area (Å²) in [5, 5.41) is 4.04. The minimum absolute atomic E-state index is 0.482. The van der Waals surface area contributed by atoms with E-state index in [9.17, 15) is 0 Å². The van der Waals surface area contributed by atoms with Gasteiger partial charge in [-0.15, -0.1) is 0 Å². The second-order valence-electron chi connectivity index (χ2n) is 7.40. The van der Waals surface area contributed by atoms with Crippen LogP contribution in [0, 0.1) is 5.41 Å². The van der Waals surface area contributed by atoms with Crippen molar-refractivity contribution in [2.45, 2.75) is 83.4 Å². The Kier molecular flexibility index (Phi) is 5.23. The summed E-state index contributed by atoms with van der Waals surface area (Å²) in [6.45, 7) is 9.09. The predicted octanol–water partition coefficient (Wildman–Crippen LogP) is 3.19. The quantitative estimate of drug-likeness (QED) is 0.843. The van der Waals surface area contributed by atoms with Gasteiger partial charge in [0.25, 0.3) is 0 Å². The molecule has 0 radical (unpaired) electrons. The molecule has 0 aromatic heterocycles. The summed E-state index contributed by atoms with van der Waals surface area (Å²) in [6, 6.07) is 1.48. The second kappa shape index (κ2) is 6.97. The first-order valence-electron chi connectivity index (χ1n) is 9.38. The Hall–Kier alpha value is -0.120. The molecule has 0 bridgehead atoms. The molecule has 1 heterocycles. The van der Waals surface area contributed by atoms with Crippen molar-refractivity contribution in [2.24, 2.45) is 5.41 Å². The van der Waals surface area contributed by atoms with Crippen LogP contribution >= 0.6 is 0 Å². The molecule has 2 atom stereocenters. The van der Waals surface area contributed by atoms with Crippen LogP contribution in [0.1, 0.15) is 65.2 Å². The molecule has 2 aliphatic carbocycles. The number of hydrogen-bond donors (Lipinski definition) is 1. The van der Waals surface area contributed by atoms with E-state index >= 15 is 0 Å². The maximum atomic E-state index is 6.08. The van der Waals surface area contributed by atoms with Crippen molar-refractivity contribution in [1.29, 1.82) is 0 Å². The summed E-state index contributed by atoms with van der Waals surface area (Å²) >= 11 is 0. The number of hydrogen-bond acceptors (Lipinski definition) is 3. The molecule has 122 valence electrons. The highest BCUT2D eigenvalue weighted by atomic mass is 16.5.